The van der Waals surface area contributed by atoms with Gasteiger partial charge in [0, 0.05) is 23.5 Å². The molecule has 0 aliphatic heterocycles. The summed E-state index contributed by atoms with van der Waals surface area (Å²) >= 11 is 0. The van der Waals surface area contributed by atoms with Gasteiger partial charge in [-0.25, -0.2) is 0 Å². The summed E-state index contributed by atoms with van der Waals surface area (Å²) < 4.78 is 47.7. The van der Waals surface area contributed by atoms with E-state index >= 15 is 0 Å². The van der Waals surface area contributed by atoms with Crippen molar-refractivity contribution in [3.05, 3.63) is 65.9 Å². The molecule has 0 heterocycles. The van der Waals surface area contributed by atoms with E-state index in [2.05, 4.69) is 5.32 Å². The van der Waals surface area contributed by atoms with Gasteiger partial charge in [0.05, 0.1) is 19.8 Å². The Morgan fingerprint density at radius 1 is 1.00 bits per heavy atom. The molecule has 2 aromatic rings. The minimum Gasteiger partial charge on any atom is -0.493 e. The molecule has 132 valence electrons. The summed E-state index contributed by atoms with van der Waals surface area (Å²) in [4.78, 5) is 12.1. The highest BCUT2D eigenvalue weighted by molar-refractivity contribution is 6.05. The summed E-state index contributed by atoms with van der Waals surface area (Å²) in [6, 6.07) is 9.25. The van der Waals surface area contributed by atoms with Crippen molar-refractivity contribution in [3.63, 3.8) is 0 Å². The first-order valence-corrected chi connectivity index (χ1v) is 7.22. The second-order valence-corrected chi connectivity index (χ2v) is 4.99. The molecule has 0 fully saturated rings. The summed E-state index contributed by atoms with van der Waals surface area (Å²) in [5.41, 5.74) is 0.0934. The number of hydrogen-bond donors (Lipinski definition) is 1. The van der Waals surface area contributed by atoms with E-state index < -0.39 is 11.7 Å². The minimum absolute atomic E-state index is 0.291. The van der Waals surface area contributed by atoms with Crippen molar-refractivity contribution in [3.8, 4) is 11.5 Å². The number of ether oxygens (including phenoxy) is 2. The normalized spacial score (nSPS) is 11.4. The Hall–Kier alpha value is -2.96. The lowest BCUT2D eigenvalue weighted by molar-refractivity contribution is -0.137. The lowest BCUT2D eigenvalue weighted by atomic mass is 10.1. The van der Waals surface area contributed by atoms with Crippen LogP contribution < -0.4 is 14.8 Å². The second-order valence-electron chi connectivity index (χ2n) is 4.99. The maximum absolute atomic E-state index is 12.5. The number of carbonyl (C=O) groups excluding carboxylic acids is 1. The van der Waals surface area contributed by atoms with E-state index in [9.17, 15) is 18.0 Å². The van der Waals surface area contributed by atoms with E-state index in [1.807, 2.05) is 0 Å². The van der Waals surface area contributed by atoms with Gasteiger partial charge in [0.1, 0.15) is 0 Å². The predicted molar refractivity (Wildman–Crippen MR) is 88.1 cm³/mol. The van der Waals surface area contributed by atoms with Crippen LogP contribution in [0, 0.1) is 0 Å². The SMILES string of the molecule is COc1ccc(C(=O)C=CNc2ccc(C(F)(F)F)cc2)cc1OC. The topological polar surface area (TPSA) is 47.6 Å². The average molecular weight is 351 g/mol. The number of ketones is 1. The first-order valence-electron chi connectivity index (χ1n) is 7.22. The average Bonchev–Trinajstić information content (AvgIpc) is 2.60. The Labute approximate surface area is 142 Å². The molecule has 0 aliphatic carbocycles. The van der Waals surface area contributed by atoms with Crippen molar-refractivity contribution in [1.29, 1.82) is 0 Å². The molecule has 1 N–H and O–H groups in total. The zero-order chi connectivity index (χ0) is 18.4. The van der Waals surface area contributed by atoms with Crippen LogP contribution in [0.1, 0.15) is 15.9 Å². The molecule has 0 atom stereocenters. The standard InChI is InChI=1S/C18H16F3NO3/c1-24-16-8-3-12(11-17(16)25-2)15(23)9-10-22-14-6-4-13(5-7-14)18(19,20)21/h3-11,22H,1-2H3. The molecule has 0 saturated heterocycles. The fourth-order valence-electron chi connectivity index (χ4n) is 2.05. The highest BCUT2D eigenvalue weighted by Gasteiger charge is 2.29. The molecule has 0 amide bonds. The smallest absolute Gasteiger partial charge is 0.416 e. The highest BCUT2D eigenvalue weighted by atomic mass is 19.4. The third-order valence-corrected chi connectivity index (χ3v) is 3.36. The quantitative estimate of drug-likeness (QED) is 0.614. The summed E-state index contributed by atoms with van der Waals surface area (Å²) in [7, 11) is 2.96. The highest BCUT2D eigenvalue weighted by Crippen LogP contribution is 2.30. The number of allylic oxidation sites excluding steroid dienone is 1. The van der Waals surface area contributed by atoms with E-state index in [0.29, 0.717) is 22.7 Å². The fraction of sp³-hybridized carbons (Fsp3) is 0.167. The number of halogens is 3. The number of carbonyl (C=O) groups is 1. The maximum atomic E-state index is 12.5. The summed E-state index contributed by atoms with van der Waals surface area (Å²) in [5, 5.41) is 2.75. The molecule has 7 heteroatoms. The van der Waals surface area contributed by atoms with Crippen LogP contribution in [0.4, 0.5) is 18.9 Å². The van der Waals surface area contributed by atoms with Gasteiger partial charge in [-0.1, -0.05) is 0 Å². The molecule has 0 bridgehead atoms. The summed E-state index contributed by atoms with van der Waals surface area (Å²) in [6.45, 7) is 0. The Morgan fingerprint density at radius 2 is 1.64 bits per heavy atom. The van der Waals surface area contributed by atoms with Crippen LogP contribution in [-0.4, -0.2) is 20.0 Å². The molecule has 25 heavy (non-hydrogen) atoms. The Morgan fingerprint density at radius 3 is 2.20 bits per heavy atom. The maximum Gasteiger partial charge on any atom is 0.416 e. The molecule has 0 radical (unpaired) electrons. The van der Waals surface area contributed by atoms with Crippen molar-refractivity contribution >= 4 is 11.5 Å². The first kappa shape index (κ1) is 18.4. The number of rotatable bonds is 6. The Bertz CT molecular complexity index is 768. The number of nitrogens with one attached hydrogen (secondary N) is 1. The zero-order valence-corrected chi connectivity index (χ0v) is 13.6. The van der Waals surface area contributed by atoms with Crippen molar-refractivity contribution in [1.82, 2.24) is 0 Å². The molecule has 2 rings (SSSR count). The fourth-order valence-corrected chi connectivity index (χ4v) is 2.05. The lowest BCUT2D eigenvalue weighted by Gasteiger charge is -2.08. The lowest BCUT2D eigenvalue weighted by Crippen LogP contribution is -2.04. The molecular formula is C18H16F3NO3. The van der Waals surface area contributed by atoms with Crippen LogP contribution in [0.5, 0.6) is 11.5 Å². The summed E-state index contributed by atoms with van der Waals surface area (Å²) in [5.74, 6) is 0.642. The number of hydrogen-bond acceptors (Lipinski definition) is 4. The number of alkyl halides is 3. The summed E-state index contributed by atoms with van der Waals surface area (Å²) in [6.07, 6.45) is -1.74. The van der Waals surface area contributed by atoms with Gasteiger partial charge in [-0.2, -0.15) is 13.2 Å². The van der Waals surface area contributed by atoms with Crippen LogP contribution in [0.15, 0.2) is 54.7 Å². The van der Waals surface area contributed by atoms with Gasteiger partial charge in [-0.3, -0.25) is 4.79 Å². The third kappa shape index (κ3) is 4.76. The zero-order valence-electron chi connectivity index (χ0n) is 13.6. The van der Waals surface area contributed by atoms with Crippen LogP contribution in [0.3, 0.4) is 0 Å². The van der Waals surface area contributed by atoms with Gasteiger partial charge < -0.3 is 14.8 Å². The van der Waals surface area contributed by atoms with Gasteiger partial charge in [-0.05, 0) is 42.5 Å². The van der Waals surface area contributed by atoms with E-state index in [1.54, 1.807) is 18.2 Å². The molecule has 2 aromatic carbocycles. The van der Waals surface area contributed by atoms with Crippen molar-refractivity contribution in [2.45, 2.75) is 6.18 Å². The molecule has 0 spiro atoms. The molecular weight excluding hydrogens is 335 g/mol. The monoisotopic (exact) mass is 351 g/mol. The van der Waals surface area contributed by atoms with E-state index in [0.717, 1.165) is 12.1 Å². The van der Waals surface area contributed by atoms with Crippen LogP contribution >= 0.6 is 0 Å². The number of benzene rings is 2. The van der Waals surface area contributed by atoms with E-state index in [-0.39, 0.29) is 5.78 Å². The van der Waals surface area contributed by atoms with Crippen LogP contribution in [0.25, 0.3) is 0 Å². The molecule has 4 nitrogen and oxygen atoms in total. The minimum atomic E-state index is -4.38. The predicted octanol–water partition coefficient (Wildman–Crippen LogP) is 4.53. The second kappa shape index (κ2) is 7.74. The molecule has 0 aromatic heterocycles. The number of methoxy groups -OCH3 is 2. The van der Waals surface area contributed by atoms with Crippen LogP contribution in [0.2, 0.25) is 0 Å². The first-order chi connectivity index (χ1) is 11.8. The molecule has 0 unspecified atom stereocenters. The Balaban J connectivity index is 2.03. The third-order valence-electron chi connectivity index (χ3n) is 3.36. The number of anilines is 1. The molecule has 0 aliphatic rings. The Kier molecular flexibility index (Phi) is 5.69. The molecule has 0 saturated carbocycles. The van der Waals surface area contributed by atoms with Crippen molar-refractivity contribution < 1.29 is 27.4 Å². The van der Waals surface area contributed by atoms with Crippen LogP contribution in [-0.2, 0) is 6.18 Å². The van der Waals surface area contributed by atoms with Gasteiger partial charge in [0.25, 0.3) is 0 Å². The van der Waals surface area contributed by atoms with Gasteiger partial charge in [0.2, 0.25) is 0 Å². The van der Waals surface area contributed by atoms with Crippen molar-refractivity contribution in [2.24, 2.45) is 0 Å². The van der Waals surface area contributed by atoms with Gasteiger partial charge in [0.15, 0.2) is 17.3 Å². The van der Waals surface area contributed by atoms with E-state index in [1.165, 1.54) is 38.6 Å². The van der Waals surface area contributed by atoms with Gasteiger partial charge in [-0.15, -0.1) is 0 Å². The largest absolute Gasteiger partial charge is 0.493 e. The van der Waals surface area contributed by atoms with Crippen molar-refractivity contribution in [2.75, 3.05) is 19.5 Å². The van der Waals surface area contributed by atoms with E-state index in [4.69, 9.17) is 9.47 Å². The van der Waals surface area contributed by atoms with Gasteiger partial charge >= 0.3 is 6.18 Å².